The normalized spacial score (nSPS) is 11.1. The van der Waals surface area contributed by atoms with E-state index in [0.29, 0.717) is 17.1 Å². The number of aromatic nitrogens is 2. The van der Waals surface area contributed by atoms with Gasteiger partial charge in [-0.15, -0.1) is 0 Å². The predicted octanol–water partition coefficient (Wildman–Crippen LogP) is 2.50. The number of thioether (sulfide) groups is 1. The number of rotatable bonds is 5. The number of nitrogens with zero attached hydrogens (tertiary/aromatic N) is 2. The monoisotopic (exact) mass is 313 g/mol. The van der Waals surface area contributed by atoms with E-state index in [1.54, 1.807) is 23.9 Å². The van der Waals surface area contributed by atoms with Gasteiger partial charge in [0.1, 0.15) is 0 Å². The summed E-state index contributed by atoms with van der Waals surface area (Å²) in [4.78, 5) is 30.8. The fourth-order valence-electron chi connectivity index (χ4n) is 1.75. The molecule has 5 nitrogen and oxygen atoms in total. The summed E-state index contributed by atoms with van der Waals surface area (Å²) in [6.07, 6.45) is 3.63. The number of imide groups is 1. The second-order valence-electron chi connectivity index (χ2n) is 4.57. The third-order valence-corrected chi connectivity index (χ3v) is 3.85. The average Bonchev–Trinajstić information content (AvgIpc) is 2.52. The number of carbonyl (C=O) groups excluding carboxylic acids is 2. The minimum Gasteiger partial charge on any atom is -0.295 e. The van der Waals surface area contributed by atoms with Crippen LogP contribution >= 0.6 is 11.8 Å². The molecular formula is C16H15N3O2S. The molecule has 0 fully saturated rings. The van der Waals surface area contributed by atoms with E-state index in [1.807, 2.05) is 32.0 Å². The Bertz CT molecular complexity index is 715. The lowest BCUT2D eigenvalue weighted by Crippen LogP contribution is -2.22. The van der Waals surface area contributed by atoms with Crippen molar-refractivity contribution >= 4 is 29.7 Å². The van der Waals surface area contributed by atoms with Crippen LogP contribution in [0.15, 0.2) is 47.2 Å². The molecule has 0 aliphatic carbocycles. The first-order valence-corrected chi connectivity index (χ1v) is 7.45. The first kappa shape index (κ1) is 15.9. The van der Waals surface area contributed by atoms with E-state index in [0.717, 1.165) is 16.7 Å². The maximum Gasteiger partial charge on any atom is 0.258 e. The summed E-state index contributed by atoms with van der Waals surface area (Å²) in [6.45, 7) is 3.97. The van der Waals surface area contributed by atoms with E-state index in [2.05, 4.69) is 15.3 Å². The van der Waals surface area contributed by atoms with Gasteiger partial charge in [0.2, 0.25) is 6.41 Å². The molecule has 0 spiro atoms. The van der Waals surface area contributed by atoms with Crippen LogP contribution in [0.4, 0.5) is 0 Å². The number of benzene rings is 1. The van der Waals surface area contributed by atoms with E-state index in [9.17, 15) is 9.59 Å². The van der Waals surface area contributed by atoms with Gasteiger partial charge in [0.05, 0.1) is 5.57 Å². The van der Waals surface area contributed by atoms with Crippen LogP contribution in [-0.2, 0) is 9.59 Å². The Morgan fingerprint density at radius 3 is 2.55 bits per heavy atom. The highest BCUT2D eigenvalue weighted by Crippen LogP contribution is 2.24. The van der Waals surface area contributed by atoms with Crippen LogP contribution in [0.3, 0.4) is 0 Å². The molecule has 2 rings (SSSR count). The van der Waals surface area contributed by atoms with Gasteiger partial charge in [-0.2, -0.15) is 0 Å². The molecule has 1 aromatic carbocycles. The quantitative estimate of drug-likeness (QED) is 0.397. The first-order chi connectivity index (χ1) is 10.6. The zero-order valence-corrected chi connectivity index (χ0v) is 13.1. The zero-order valence-electron chi connectivity index (χ0n) is 12.2. The molecule has 0 bridgehead atoms. The minimum absolute atomic E-state index is 0.376. The lowest BCUT2D eigenvalue weighted by molar-refractivity contribution is -0.121. The zero-order chi connectivity index (χ0) is 15.9. The first-order valence-electron chi connectivity index (χ1n) is 6.58. The molecule has 0 atom stereocenters. The fraction of sp³-hybridized carbons (Fsp3) is 0.125. The van der Waals surface area contributed by atoms with Crippen LogP contribution in [0, 0.1) is 13.8 Å². The smallest absolute Gasteiger partial charge is 0.258 e. The maximum atomic E-state index is 12.1. The van der Waals surface area contributed by atoms with Crippen molar-refractivity contribution in [2.24, 2.45) is 0 Å². The van der Waals surface area contributed by atoms with E-state index in [1.165, 1.54) is 11.8 Å². The van der Waals surface area contributed by atoms with E-state index in [4.69, 9.17) is 0 Å². The van der Waals surface area contributed by atoms with Crippen LogP contribution in [0.1, 0.15) is 16.7 Å². The third-order valence-electron chi connectivity index (χ3n) is 3.08. The summed E-state index contributed by atoms with van der Waals surface area (Å²) < 4.78 is 0. The highest BCUT2D eigenvalue weighted by atomic mass is 32.2. The van der Waals surface area contributed by atoms with Crippen LogP contribution in [0.2, 0.25) is 0 Å². The van der Waals surface area contributed by atoms with Crippen LogP contribution < -0.4 is 5.32 Å². The van der Waals surface area contributed by atoms with Gasteiger partial charge in [0.15, 0.2) is 5.16 Å². The summed E-state index contributed by atoms with van der Waals surface area (Å²) in [5.41, 5.74) is 3.35. The lowest BCUT2D eigenvalue weighted by atomic mass is 10.0. The molecule has 0 radical (unpaired) electrons. The number of amides is 2. The topological polar surface area (TPSA) is 72.0 Å². The SMILES string of the molecule is Cc1ccc(/C(=C/Sc2ncccn2)C(=O)NC=O)cc1C. The van der Waals surface area contributed by atoms with Crippen LogP contribution in [-0.4, -0.2) is 22.3 Å². The predicted molar refractivity (Wildman–Crippen MR) is 86.0 cm³/mol. The molecule has 6 heteroatoms. The van der Waals surface area contributed by atoms with Gasteiger partial charge in [-0.05, 0) is 42.0 Å². The van der Waals surface area contributed by atoms with Crippen LogP contribution in [0.5, 0.6) is 0 Å². The Morgan fingerprint density at radius 1 is 1.18 bits per heavy atom. The largest absolute Gasteiger partial charge is 0.295 e. The molecule has 1 aromatic heterocycles. The second kappa shape index (κ2) is 7.51. The molecule has 0 aliphatic rings. The highest BCUT2D eigenvalue weighted by Gasteiger charge is 2.12. The Hall–Kier alpha value is -2.47. The number of aryl methyl sites for hydroxylation is 2. The third kappa shape index (κ3) is 4.02. The fourth-order valence-corrected chi connectivity index (χ4v) is 2.46. The summed E-state index contributed by atoms with van der Waals surface area (Å²) >= 11 is 1.23. The van der Waals surface area contributed by atoms with Crippen molar-refractivity contribution in [2.45, 2.75) is 19.0 Å². The van der Waals surface area contributed by atoms with Crippen molar-refractivity contribution in [3.63, 3.8) is 0 Å². The lowest BCUT2D eigenvalue weighted by Gasteiger charge is -2.08. The van der Waals surface area contributed by atoms with Gasteiger partial charge in [0, 0.05) is 12.4 Å². The summed E-state index contributed by atoms with van der Waals surface area (Å²) in [5.74, 6) is -0.457. The second-order valence-corrected chi connectivity index (χ2v) is 5.41. The van der Waals surface area contributed by atoms with E-state index in [-0.39, 0.29) is 0 Å². The van der Waals surface area contributed by atoms with Crippen molar-refractivity contribution < 1.29 is 9.59 Å². The average molecular weight is 313 g/mol. The van der Waals surface area contributed by atoms with Crippen molar-refractivity contribution in [1.29, 1.82) is 0 Å². The molecule has 0 saturated carbocycles. The number of hydrogen-bond donors (Lipinski definition) is 1. The standard InChI is InChI=1S/C16H15N3O2S/c1-11-4-5-13(8-12(11)2)14(15(21)19-10-20)9-22-16-17-6-3-7-18-16/h3-10H,1-2H3,(H,19,20,21)/b14-9-. The van der Waals surface area contributed by atoms with Crippen molar-refractivity contribution in [3.05, 3.63) is 58.8 Å². The molecule has 112 valence electrons. The van der Waals surface area contributed by atoms with Crippen molar-refractivity contribution in [3.8, 4) is 0 Å². The summed E-state index contributed by atoms with van der Waals surface area (Å²) in [5, 5.41) is 4.35. The van der Waals surface area contributed by atoms with Crippen molar-refractivity contribution in [2.75, 3.05) is 0 Å². The molecule has 0 aliphatic heterocycles. The molecule has 2 aromatic rings. The Kier molecular flexibility index (Phi) is 5.43. The minimum atomic E-state index is -0.457. The van der Waals surface area contributed by atoms with Crippen molar-refractivity contribution in [1.82, 2.24) is 15.3 Å². The molecule has 0 unspecified atom stereocenters. The molecule has 0 saturated heterocycles. The number of carbonyl (C=O) groups is 2. The summed E-state index contributed by atoms with van der Waals surface area (Å²) in [7, 11) is 0. The highest BCUT2D eigenvalue weighted by molar-refractivity contribution is 8.02. The molecule has 1 heterocycles. The maximum absolute atomic E-state index is 12.1. The number of hydrogen-bond acceptors (Lipinski definition) is 5. The van der Waals surface area contributed by atoms with Gasteiger partial charge in [-0.1, -0.05) is 30.0 Å². The Labute approximate surface area is 132 Å². The van der Waals surface area contributed by atoms with Crippen LogP contribution in [0.25, 0.3) is 5.57 Å². The van der Waals surface area contributed by atoms with Gasteiger partial charge in [0.25, 0.3) is 5.91 Å². The van der Waals surface area contributed by atoms with Gasteiger partial charge < -0.3 is 0 Å². The van der Waals surface area contributed by atoms with E-state index >= 15 is 0 Å². The molecule has 1 N–H and O–H groups in total. The van der Waals surface area contributed by atoms with E-state index < -0.39 is 5.91 Å². The molecule has 2 amide bonds. The Balaban J connectivity index is 2.35. The van der Waals surface area contributed by atoms with Gasteiger partial charge in [-0.3, -0.25) is 14.9 Å². The summed E-state index contributed by atoms with van der Waals surface area (Å²) in [6, 6.07) is 7.43. The molecular weight excluding hydrogens is 298 g/mol. The van der Waals surface area contributed by atoms with Gasteiger partial charge in [-0.25, -0.2) is 9.97 Å². The van der Waals surface area contributed by atoms with Gasteiger partial charge >= 0.3 is 0 Å². The molecule has 22 heavy (non-hydrogen) atoms. The number of nitrogens with one attached hydrogen (secondary N) is 1. The Morgan fingerprint density at radius 2 is 1.91 bits per heavy atom.